The molecule has 19 heavy (non-hydrogen) atoms. The number of hydrogen-bond donors (Lipinski definition) is 1. The summed E-state index contributed by atoms with van der Waals surface area (Å²) in [5.74, 6) is -0.135. The third kappa shape index (κ3) is 3.87. The number of carboxylic acid groups (broad SMARTS) is 1. The summed E-state index contributed by atoms with van der Waals surface area (Å²) in [7, 11) is 0. The molecule has 1 rings (SSSR count). The first-order chi connectivity index (χ1) is 8.95. The van der Waals surface area contributed by atoms with E-state index in [9.17, 15) is 9.90 Å². The van der Waals surface area contributed by atoms with Crippen LogP contribution < -0.4 is 4.74 Å². The van der Waals surface area contributed by atoms with Crippen LogP contribution in [0.1, 0.15) is 38.7 Å². The Bertz CT molecular complexity index is 439. The Morgan fingerprint density at radius 1 is 1.37 bits per heavy atom. The van der Waals surface area contributed by atoms with E-state index in [0.29, 0.717) is 36.6 Å². The molecule has 0 unspecified atom stereocenters. The Morgan fingerprint density at radius 2 is 2.00 bits per heavy atom. The predicted molar refractivity (Wildman–Crippen MR) is 77.0 cm³/mol. The van der Waals surface area contributed by atoms with E-state index in [2.05, 4.69) is 0 Å². The molecule has 0 fully saturated rings. The van der Waals surface area contributed by atoms with E-state index in [1.165, 1.54) is 0 Å². The topological polar surface area (TPSA) is 46.5 Å². The van der Waals surface area contributed by atoms with E-state index in [0.717, 1.165) is 5.56 Å². The molecule has 106 valence electrons. The zero-order valence-corrected chi connectivity index (χ0v) is 12.5. The molecular formula is C15H21ClO3. The van der Waals surface area contributed by atoms with E-state index in [-0.39, 0.29) is 0 Å². The van der Waals surface area contributed by atoms with Crippen LogP contribution in [0.4, 0.5) is 0 Å². The van der Waals surface area contributed by atoms with E-state index in [4.69, 9.17) is 16.3 Å². The quantitative estimate of drug-likeness (QED) is 0.811. The number of ether oxygens (including phenoxy) is 1. The monoisotopic (exact) mass is 284 g/mol. The molecule has 0 saturated carbocycles. The van der Waals surface area contributed by atoms with E-state index >= 15 is 0 Å². The highest BCUT2D eigenvalue weighted by atomic mass is 35.5. The first-order valence-electron chi connectivity index (χ1n) is 6.57. The summed E-state index contributed by atoms with van der Waals surface area (Å²) >= 11 is 6.04. The van der Waals surface area contributed by atoms with Crippen molar-refractivity contribution in [3.8, 4) is 5.75 Å². The summed E-state index contributed by atoms with van der Waals surface area (Å²) in [6.45, 7) is 6.12. The van der Waals surface area contributed by atoms with Gasteiger partial charge in [0.05, 0.1) is 17.0 Å². The molecule has 0 aliphatic carbocycles. The minimum absolute atomic E-state index is 0.358. The second kappa shape index (κ2) is 6.80. The average Bonchev–Trinajstić information content (AvgIpc) is 2.38. The molecule has 0 saturated heterocycles. The normalized spacial score (nSPS) is 11.4. The van der Waals surface area contributed by atoms with Crippen molar-refractivity contribution in [1.29, 1.82) is 0 Å². The van der Waals surface area contributed by atoms with Crippen LogP contribution in [0.3, 0.4) is 0 Å². The van der Waals surface area contributed by atoms with Gasteiger partial charge in [-0.1, -0.05) is 31.5 Å². The van der Waals surface area contributed by atoms with Gasteiger partial charge in [0.25, 0.3) is 0 Å². The molecule has 0 spiro atoms. The number of benzene rings is 1. The largest absolute Gasteiger partial charge is 0.492 e. The van der Waals surface area contributed by atoms with E-state index in [1.807, 2.05) is 32.9 Å². The maximum absolute atomic E-state index is 11.4. The van der Waals surface area contributed by atoms with Gasteiger partial charge in [0.2, 0.25) is 0 Å². The number of aliphatic carboxylic acids is 1. The van der Waals surface area contributed by atoms with Gasteiger partial charge in [0.1, 0.15) is 5.75 Å². The predicted octanol–water partition coefficient (Wildman–Crippen LogP) is 4.31. The molecular weight excluding hydrogens is 264 g/mol. The fraction of sp³-hybridized carbons (Fsp3) is 0.533. The second-order valence-electron chi connectivity index (χ2n) is 4.82. The molecule has 1 N–H and O–H groups in total. The van der Waals surface area contributed by atoms with Crippen molar-refractivity contribution in [3.05, 3.63) is 28.8 Å². The lowest BCUT2D eigenvalue weighted by Gasteiger charge is -2.26. The lowest BCUT2D eigenvalue weighted by atomic mass is 9.79. The third-order valence-corrected chi connectivity index (χ3v) is 4.04. The smallest absolute Gasteiger partial charge is 0.309 e. The summed E-state index contributed by atoms with van der Waals surface area (Å²) < 4.78 is 5.63. The molecule has 0 bridgehead atoms. The number of carboxylic acids is 1. The van der Waals surface area contributed by atoms with Crippen molar-refractivity contribution < 1.29 is 14.6 Å². The first kappa shape index (κ1) is 15.8. The van der Waals surface area contributed by atoms with Crippen LogP contribution in [0.5, 0.6) is 5.75 Å². The minimum atomic E-state index is -0.753. The molecule has 3 nitrogen and oxygen atoms in total. The first-order valence-corrected chi connectivity index (χ1v) is 6.95. The van der Waals surface area contributed by atoms with Gasteiger partial charge < -0.3 is 9.84 Å². The fourth-order valence-electron chi connectivity index (χ4n) is 2.09. The van der Waals surface area contributed by atoms with Crippen molar-refractivity contribution in [2.75, 3.05) is 6.61 Å². The molecule has 0 aliphatic heterocycles. The summed E-state index contributed by atoms with van der Waals surface area (Å²) in [5, 5.41) is 9.89. The van der Waals surface area contributed by atoms with Crippen molar-refractivity contribution in [3.63, 3.8) is 0 Å². The Balaban J connectivity index is 2.67. The van der Waals surface area contributed by atoms with Crippen LogP contribution in [0.2, 0.25) is 5.02 Å². The molecule has 0 heterocycles. The van der Waals surface area contributed by atoms with Crippen LogP contribution >= 0.6 is 11.6 Å². The van der Waals surface area contributed by atoms with Gasteiger partial charge in [-0.25, -0.2) is 0 Å². The third-order valence-electron chi connectivity index (χ3n) is 3.73. The maximum Gasteiger partial charge on any atom is 0.309 e. The standard InChI is InChI=1S/C15H21ClO3/c1-4-15(5-2,14(17)18)8-9-19-13-10-11(3)6-7-12(13)16/h6-7,10H,4-5,8-9H2,1-3H3,(H,17,18). The van der Waals surface area contributed by atoms with Crippen molar-refractivity contribution in [2.45, 2.75) is 40.0 Å². The maximum atomic E-state index is 11.4. The van der Waals surface area contributed by atoms with Gasteiger partial charge in [0, 0.05) is 0 Å². The number of aryl methyl sites for hydroxylation is 1. The molecule has 1 aromatic rings. The Kier molecular flexibility index (Phi) is 5.67. The molecule has 4 heteroatoms. The SMILES string of the molecule is CCC(CC)(CCOc1cc(C)ccc1Cl)C(=O)O. The van der Waals surface area contributed by atoms with Gasteiger partial charge in [-0.05, 0) is 43.9 Å². The summed E-state index contributed by atoms with van der Waals surface area (Å²) in [6.07, 6.45) is 1.69. The van der Waals surface area contributed by atoms with Gasteiger partial charge in [-0.3, -0.25) is 4.79 Å². The van der Waals surface area contributed by atoms with Crippen LogP contribution in [0, 0.1) is 12.3 Å². The summed E-state index contributed by atoms with van der Waals surface area (Å²) in [4.78, 5) is 11.4. The highest BCUT2D eigenvalue weighted by Gasteiger charge is 2.34. The average molecular weight is 285 g/mol. The Hall–Kier alpha value is -1.22. The zero-order chi connectivity index (χ0) is 14.5. The highest BCUT2D eigenvalue weighted by molar-refractivity contribution is 6.32. The lowest BCUT2D eigenvalue weighted by molar-refractivity contribution is -0.150. The van der Waals surface area contributed by atoms with Crippen molar-refractivity contribution in [1.82, 2.24) is 0 Å². The van der Waals surface area contributed by atoms with Crippen LogP contribution in [0.25, 0.3) is 0 Å². The van der Waals surface area contributed by atoms with E-state index in [1.54, 1.807) is 6.07 Å². The van der Waals surface area contributed by atoms with Gasteiger partial charge >= 0.3 is 5.97 Å². The highest BCUT2D eigenvalue weighted by Crippen LogP contribution is 2.32. The Labute approximate surface area is 119 Å². The number of halogens is 1. The lowest BCUT2D eigenvalue weighted by Crippen LogP contribution is -2.31. The molecule has 1 aromatic carbocycles. The fourth-order valence-corrected chi connectivity index (χ4v) is 2.26. The summed E-state index contributed by atoms with van der Waals surface area (Å²) in [6, 6.07) is 5.56. The van der Waals surface area contributed by atoms with Crippen LogP contribution in [-0.2, 0) is 4.79 Å². The van der Waals surface area contributed by atoms with E-state index < -0.39 is 11.4 Å². The Morgan fingerprint density at radius 3 is 2.53 bits per heavy atom. The second-order valence-corrected chi connectivity index (χ2v) is 5.23. The summed E-state index contributed by atoms with van der Waals surface area (Å²) in [5.41, 5.74) is 0.367. The zero-order valence-electron chi connectivity index (χ0n) is 11.7. The number of rotatable bonds is 7. The van der Waals surface area contributed by atoms with Crippen molar-refractivity contribution >= 4 is 17.6 Å². The minimum Gasteiger partial charge on any atom is -0.492 e. The number of hydrogen-bond acceptors (Lipinski definition) is 2. The van der Waals surface area contributed by atoms with Crippen LogP contribution in [0.15, 0.2) is 18.2 Å². The van der Waals surface area contributed by atoms with Crippen LogP contribution in [-0.4, -0.2) is 17.7 Å². The molecule has 0 radical (unpaired) electrons. The molecule has 0 aromatic heterocycles. The molecule has 0 amide bonds. The molecule has 0 atom stereocenters. The van der Waals surface area contributed by atoms with Gasteiger partial charge in [-0.15, -0.1) is 0 Å². The van der Waals surface area contributed by atoms with Crippen molar-refractivity contribution in [2.24, 2.45) is 5.41 Å². The van der Waals surface area contributed by atoms with Gasteiger partial charge in [0.15, 0.2) is 0 Å². The van der Waals surface area contributed by atoms with Gasteiger partial charge in [-0.2, -0.15) is 0 Å². The number of carbonyl (C=O) groups is 1. The molecule has 0 aliphatic rings.